The van der Waals surface area contributed by atoms with Crippen molar-refractivity contribution in [2.45, 2.75) is 64.1 Å². The first-order chi connectivity index (χ1) is 5.12. The van der Waals surface area contributed by atoms with E-state index in [-0.39, 0.29) is 11.1 Å². The number of hydrogen-bond acceptors (Lipinski definition) is 1. The van der Waals surface area contributed by atoms with Gasteiger partial charge in [-0.3, -0.25) is 0 Å². The molecule has 0 bridgehead atoms. The third-order valence-electron chi connectivity index (χ3n) is 2.31. The predicted molar refractivity (Wildman–Crippen MR) is 49.6 cm³/mol. The van der Waals surface area contributed by atoms with Gasteiger partial charge >= 0.3 is 0 Å². The van der Waals surface area contributed by atoms with Crippen molar-refractivity contribution in [2.24, 2.45) is 0 Å². The molecule has 12 heavy (non-hydrogen) atoms. The topological polar surface area (TPSA) is 31.9 Å². The second kappa shape index (κ2) is 2.46. The lowest BCUT2D eigenvalue weighted by molar-refractivity contribution is -0.0893. The fourth-order valence-corrected chi connectivity index (χ4v) is 2.94. The SMILES string of the molecule is CC1([O])CC(C)(C)NC(C)(C)C1. The molecular weight excluding hydrogens is 150 g/mol. The van der Waals surface area contributed by atoms with Crippen molar-refractivity contribution in [3.05, 3.63) is 0 Å². The molecule has 0 unspecified atom stereocenters. The van der Waals surface area contributed by atoms with Gasteiger partial charge < -0.3 is 5.32 Å². The van der Waals surface area contributed by atoms with Gasteiger partial charge in [0.15, 0.2) is 0 Å². The first-order valence-corrected chi connectivity index (χ1v) is 4.62. The van der Waals surface area contributed by atoms with E-state index in [1.165, 1.54) is 0 Å². The standard InChI is InChI=1S/C10H20NO/c1-8(2)6-10(5,12)7-9(3,4)11-8/h11H,6-7H2,1-5H3. The Morgan fingerprint density at radius 2 is 1.25 bits per heavy atom. The van der Waals surface area contributed by atoms with Crippen LogP contribution in [-0.2, 0) is 5.11 Å². The molecule has 1 N–H and O–H groups in total. The quantitative estimate of drug-likeness (QED) is 0.593. The molecule has 0 aliphatic carbocycles. The Kier molecular flexibility index (Phi) is 2.05. The maximum atomic E-state index is 11.9. The van der Waals surface area contributed by atoms with Gasteiger partial charge in [0.25, 0.3) is 0 Å². The summed E-state index contributed by atoms with van der Waals surface area (Å²) in [6.07, 6.45) is 1.42. The molecule has 1 heterocycles. The van der Waals surface area contributed by atoms with Gasteiger partial charge in [0.1, 0.15) is 5.60 Å². The van der Waals surface area contributed by atoms with E-state index in [2.05, 4.69) is 33.0 Å². The Morgan fingerprint density at radius 1 is 0.917 bits per heavy atom. The zero-order valence-electron chi connectivity index (χ0n) is 8.82. The molecule has 1 fully saturated rings. The highest BCUT2D eigenvalue weighted by Gasteiger charge is 2.44. The highest BCUT2D eigenvalue weighted by Crippen LogP contribution is 2.35. The van der Waals surface area contributed by atoms with Gasteiger partial charge in [0, 0.05) is 11.1 Å². The van der Waals surface area contributed by atoms with Crippen LogP contribution in [0.3, 0.4) is 0 Å². The Labute approximate surface area is 75.4 Å². The summed E-state index contributed by atoms with van der Waals surface area (Å²) in [6.45, 7) is 10.2. The average Bonchev–Trinajstić information content (AvgIpc) is 1.44. The zero-order valence-corrected chi connectivity index (χ0v) is 8.82. The van der Waals surface area contributed by atoms with Crippen LogP contribution in [0.15, 0.2) is 0 Å². The first kappa shape index (κ1) is 10.0. The van der Waals surface area contributed by atoms with Gasteiger partial charge in [-0.1, -0.05) is 0 Å². The largest absolute Gasteiger partial charge is 0.307 e. The highest BCUT2D eigenvalue weighted by atomic mass is 16.3. The number of rotatable bonds is 0. The van der Waals surface area contributed by atoms with E-state index in [1.54, 1.807) is 0 Å². The summed E-state index contributed by atoms with van der Waals surface area (Å²) >= 11 is 0. The molecule has 0 amide bonds. The van der Waals surface area contributed by atoms with Crippen LogP contribution in [0.5, 0.6) is 0 Å². The minimum atomic E-state index is -0.766. The molecule has 1 aliphatic heterocycles. The van der Waals surface area contributed by atoms with Crippen LogP contribution in [0.25, 0.3) is 0 Å². The fourth-order valence-electron chi connectivity index (χ4n) is 2.94. The Hall–Kier alpha value is -0.0800. The first-order valence-electron chi connectivity index (χ1n) is 4.62. The van der Waals surface area contributed by atoms with Crippen molar-refractivity contribution in [1.82, 2.24) is 5.32 Å². The van der Waals surface area contributed by atoms with Gasteiger partial charge in [-0.15, -0.1) is 0 Å². The summed E-state index contributed by atoms with van der Waals surface area (Å²) in [5.74, 6) is 0. The van der Waals surface area contributed by atoms with Crippen molar-refractivity contribution in [1.29, 1.82) is 0 Å². The highest BCUT2D eigenvalue weighted by molar-refractivity contribution is 5.02. The van der Waals surface area contributed by atoms with Crippen LogP contribution in [0.1, 0.15) is 47.5 Å². The summed E-state index contributed by atoms with van der Waals surface area (Å²) in [4.78, 5) is 0. The van der Waals surface area contributed by atoms with E-state index in [0.29, 0.717) is 12.8 Å². The number of nitrogens with one attached hydrogen (secondary N) is 1. The molecule has 0 atom stereocenters. The Bertz CT molecular complexity index is 137. The molecule has 2 heteroatoms. The van der Waals surface area contributed by atoms with E-state index >= 15 is 0 Å². The maximum absolute atomic E-state index is 11.9. The molecule has 0 saturated carbocycles. The molecule has 1 saturated heterocycles. The summed E-state index contributed by atoms with van der Waals surface area (Å²) in [6, 6.07) is 0. The average molecular weight is 170 g/mol. The Morgan fingerprint density at radius 3 is 1.50 bits per heavy atom. The van der Waals surface area contributed by atoms with E-state index in [9.17, 15) is 5.11 Å². The van der Waals surface area contributed by atoms with Gasteiger partial charge in [0.2, 0.25) is 0 Å². The second-order valence-electron chi connectivity index (χ2n) is 5.70. The van der Waals surface area contributed by atoms with Gasteiger partial charge in [0.05, 0.1) is 0 Å². The smallest absolute Gasteiger partial charge is 0.104 e. The number of hydrogen-bond donors (Lipinski definition) is 1. The minimum Gasteiger partial charge on any atom is -0.307 e. The molecule has 1 rings (SSSR count). The van der Waals surface area contributed by atoms with Crippen LogP contribution < -0.4 is 5.32 Å². The fraction of sp³-hybridized carbons (Fsp3) is 1.00. The van der Waals surface area contributed by atoms with Crippen LogP contribution in [0, 0.1) is 0 Å². The van der Waals surface area contributed by atoms with Gasteiger partial charge in [-0.2, -0.15) is 0 Å². The molecule has 71 valence electrons. The van der Waals surface area contributed by atoms with Crippen LogP contribution in [0.4, 0.5) is 0 Å². The molecule has 1 radical (unpaired) electrons. The van der Waals surface area contributed by atoms with Crippen LogP contribution in [-0.4, -0.2) is 16.7 Å². The normalized spacial score (nSPS) is 31.5. The molecule has 1 aliphatic rings. The Balaban J connectivity index is 2.81. The van der Waals surface area contributed by atoms with Crippen LogP contribution >= 0.6 is 0 Å². The molecular formula is C10H20NO. The zero-order chi connectivity index (χ0) is 9.62. The monoisotopic (exact) mass is 170 g/mol. The van der Waals surface area contributed by atoms with Crippen molar-refractivity contribution < 1.29 is 5.11 Å². The lowest BCUT2D eigenvalue weighted by atomic mass is 9.74. The van der Waals surface area contributed by atoms with E-state index < -0.39 is 5.60 Å². The molecule has 2 nitrogen and oxygen atoms in total. The van der Waals surface area contributed by atoms with E-state index in [4.69, 9.17) is 0 Å². The summed E-state index contributed by atoms with van der Waals surface area (Å²) < 4.78 is 0. The third-order valence-corrected chi connectivity index (χ3v) is 2.31. The third kappa shape index (κ3) is 2.46. The summed E-state index contributed by atoms with van der Waals surface area (Å²) in [5.41, 5.74) is -0.797. The van der Waals surface area contributed by atoms with Crippen molar-refractivity contribution in [3.8, 4) is 0 Å². The summed E-state index contributed by atoms with van der Waals surface area (Å²) in [7, 11) is 0. The second-order valence-corrected chi connectivity index (χ2v) is 5.70. The minimum absolute atomic E-state index is 0.0156. The molecule has 0 aromatic heterocycles. The maximum Gasteiger partial charge on any atom is 0.104 e. The van der Waals surface area contributed by atoms with Gasteiger partial charge in [-0.05, 0) is 47.5 Å². The molecule has 0 aromatic rings. The van der Waals surface area contributed by atoms with Crippen molar-refractivity contribution >= 4 is 0 Å². The van der Waals surface area contributed by atoms with E-state index in [1.807, 2.05) is 6.92 Å². The molecule has 0 aromatic carbocycles. The lowest BCUT2D eigenvalue weighted by Gasteiger charge is -2.48. The van der Waals surface area contributed by atoms with Crippen molar-refractivity contribution in [2.75, 3.05) is 0 Å². The predicted octanol–water partition coefficient (Wildman–Crippen LogP) is 2.12. The van der Waals surface area contributed by atoms with Crippen LogP contribution in [0.2, 0.25) is 0 Å². The summed E-state index contributed by atoms with van der Waals surface area (Å²) in [5, 5.41) is 15.4. The number of piperidine rings is 1. The van der Waals surface area contributed by atoms with Gasteiger partial charge in [-0.25, -0.2) is 5.11 Å². The lowest BCUT2D eigenvalue weighted by Crippen LogP contribution is -2.62. The molecule has 0 spiro atoms. The van der Waals surface area contributed by atoms with E-state index in [0.717, 1.165) is 0 Å². The van der Waals surface area contributed by atoms with Crippen molar-refractivity contribution in [3.63, 3.8) is 0 Å².